The van der Waals surface area contributed by atoms with E-state index in [1.807, 2.05) is 12.1 Å². The molecule has 1 saturated heterocycles. The average Bonchev–Trinajstić information content (AvgIpc) is 2.39. The third-order valence-corrected chi connectivity index (χ3v) is 3.63. The Kier molecular flexibility index (Phi) is 4.49. The van der Waals surface area contributed by atoms with Gasteiger partial charge in [-0.3, -0.25) is 4.98 Å². The molecule has 1 fully saturated rings. The monoisotopic (exact) mass is 265 g/mol. The first-order chi connectivity index (χ1) is 8.70. The van der Waals surface area contributed by atoms with Crippen molar-refractivity contribution in [2.24, 2.45) is 11.7 Å². The summed E-state index contributed by atoms with van der Waals surface area (Å²) in [5, 5.41) is 9.03. The van der Waals surface area contributed by atoms with E-state index in [0.29, 0.717) is 16.6 Å². The van der Waals surface area contributed by atoms with Crippen LogP contribution in [-0.4, -0.2) is 34.8 Å². The van der Waals surface area contributed by atoms with Gasteiger partial charge in [-0.2, -0.15) is 0 Å². The fourth-order valence-corrected chi connectivity index (χ4v) is 2.58. The van der Waals surface area contributed by atoms with E-state index >= 15 is 0 Å². The normalized spacial score (nSPS) is 19.8. The zero-order valence-electron chi connectivity index (χ0n) is 10.4. The van der Waals surface area contributed by atoms with Crippen LogP contribution in [0, 0.1) is 5.92 Å². The zero-order valence-corrected chi connectivity index (χ0v) is 11.2. The van der Waals surface area contributed by atoms with E-state index < -0.39 is 0 Å². The molecule has 1 aromatic rings. The van der Waals surface area contributed by atoms with Crippen molar-refractivity contribution in [1.82, 2.24) is 4.98 Å². The largest absolute Gasteiger partial charge is 0.396 e. The van der Waals surface area contributed by atoms with Crippen molar-refractivity contribution in [3.8, 4) is 0 Å². The fourth-order valence-electron chi connectivity index (χ4n) is 2.47. The Hall–Kier alpha value is -1.20. The molecule has 3 N–H and O–H groups in total. The van der Waals surface area contributed by atoms with Crippen LogP contribution in [0.15, 0.2) is 18.3 Å². The number of piperidine rings is 1. The van der Waals surface area contributed by atoms with Crippen molar-refractivity contribution in [2.75, 3.05) is 24.6 Å². The molecule has 0 saturated carbocycles. The molecule has 1 atom stereocenters. The van der Waals surface area contributed by atoms with Crippen molar-refractivity contribution in [3.63, 3.8) is 0 Å². The van der Waals surface area contributed by atoms with Gasteiger partial charge in [-0.15, -0.1) is 0 Å². The number of hydrogen-bond donors (Lipinski definition) is 2. The molecule has 1 aliphatic heterocycles. The van der Waals surface area contributed by atoms with E-state index in [4.69, 9.17) is 23.1 Å². The number of hydrogen-bond acceptors (Lipinski definition) is 4. The van der Waals surface area contributed by atoms with Gasteiger partial charge in [-0.05, 0) is 37.3 Å². The maximum absolute atomic E-state index is 9.03. The van der Waals surface area contributed by atoms with Crippen LogP contribution in [0.1, 0.15) is 25.0 Å². The maximum atomic E-state index is 9.03. The summed E-state index contributed by atoms with van der Waals surface area (Å²) in [5.74, 6) is 0.574. The van der Waals surface area contributed by atoms with Crippen LogP contribution >= 0.6 is 12.2 Å². The van der Waals surface area contributed by atoms with Crippen LogP contribution in [0.4, 0.5) is 5.69 Å². The summed E-state index contributed by atoms with van der Waals surface area (Å²) in [5.41, 5.74) is 7.40. The lowest BCUT2D eigenvalue weighted by molar-refractivity contribution is 0.244. The molecule has 0 bridgehead atoms. The van der Waals surface area contributed by atoms with Gasteiger partial charge >= 0.3 is 0 Å². The lowest BCUT2D eigenvalue weighted by Crippen LogP contribution is -2.35. The number of anilines is 1. The SMILES string of the molecule is NC(=S)c1cc(N2CCCC(CCO)C2)ccn1. The number of rotatable bonds is 4. The minimum atomic E-state index is 0.271. The van der Waals surface area contributed by atoms with E-state index in [9.17, 15) is 0 Å². The van der Waals surface area contributed by atoms with Gasteiger partial charge in [0.05, 0.1) is 5.69 Å². The van der Waals surface area contributed by atoms with Gasteiger partial charge in [0.1, 0.15) is 4.99 Å². The second-order valence-electron chi connectivity index (χ2n) is 4.73. The molecule has 0 aromatic carbocycles. The number of thiocarbonyl (C=S) groups is 1. The molecule has 2 rings (SSSR count). The standard InChI is InChI=1S/C13H19N3OS/c14-13(18)12-8-11(3-5-15-12)16-6-1-2-10(9-16)4-7-17/h3,5,8,10,17H,1-2,4,6-7,9H2,(H2,14,18). The number of pyridine rings is 1. The van der Waals surface area contributed by atoms with Crippen LogP contribution < -0.4 is 10.6 Å². The van der Waals surface area contributed by atoms with Crippen LogP contribution in [-0.2, 0) is 0 Å². The van der Waals surface area contributed by atoms with Gasteiger partial charge in [0, 0.05) is 31.6 Å². The van der Waals surface area contributed by atoms with E-state index in [1.165, 1.54) is 6.42 Å². The summed E-state index contributed by atoms with van der Waals surface area (Å²) in [6.07, 6.45) is 4.99. The fraction of sp³-hybridized carbons (Fsp3) is 0.538. The van der Waals surface area contributed by atoms with Crippen molar-refractivity contribution in [2.45, 2.75) is 19.3 Å². The van der Waals surface area contributed by atoms with Crippen molar-refractivity contribution in [3.05, 3.63) is 24.0 Å². The minimum absolute atomic E-state index is 0.271. The number of aliphatic hydroxyl groups is 1. The molecule has 0 aliphatic carbocycles. The van der Waals surface area contributed by atoms with Gasteiger partial charge < -0.3 is 15.7 Å². The first-order valence-electron chi connectivity index (χ1n) is 6.32. The van der Waals surface area contributed by atoms with Gasteiger partial charge in [0.2, 0.25) is 0 Å². The summed E-state index contributed by atoms with van der Waals surface area (Å²) < 4.78 is 0. The molecule has 0 spiro atoms. The second-order valence-corrected chi connectivity index (χ2v) is 5.17. The lowest BCUT2D eigenvalue weighted by Gasteiger charge is -2.34. The molecule has 98 valence electrons. The smallest absolute Gasteiger partial charge is 0.122 e. The topological polar surface area (TPSA) is 62.4 Å². The lowest BCUT2D eigenvalue weighted by atomic mass is 9.95. The molecule has 4 nitrogen and oxygen atoms in total. The minimum Gasteiger partial charge on any atom is -0.396 e. The highest BCUT2D eigenvalue weighted by atomic mass is 32.1. The van der Waals surface area contributed by atoms with Crippen LogP contribution in [0.25, 0.3) is 0 Å². The predicted molar refractivity (Wildman–Crippen MR) is 76.8 cm³/mol. The molecule has 1 aromatic heterocycles. The van der Waals surface area contributed by atoms with Crippen LogP contribution in [0.2, 0.25) is 0 Å². The highest BCUT2D eigenvalue weighted by Crippen LogP contribution is 2.24. The molecular formula is C13H19N3OS. The van der Waals surface area contributed by atoms with Gasteiger partial charge in [-0.1, -0.05) is 12.2 Å². The quantitative estimate of drug-likeness (QED) is 0.804. The van der Waals surface area contributed by atoms with E-state index in [2.05, 4.69) is 9.88 Å². The molecule has 1 aliphatic rings. The van der Waals surface area contributed by atoms with Crippen LogP contribution in [0.5, 0.6) is 0 Å². The first-order valence-corrected chi connectivity index (χ1v) is 6.73. The predicted octanol–water partition coefficient (Wildman–Crippen LogP) is 1.31. The number of nitrogens with zero attached hydrogens (tertiary/aromatic N) is 2. The van der Waals surface area contributed by atoms with Crippen molar-refractivity contribution < 1.29 is 5.11 Å². The summed E-state index contributed by atoms with van der Waals surface area (Å²) in [6, 6.07) is 3.94. The van der Waals surface area contributed by atoms with E-state index in [1.54, 1.807) is 6.20 Å². The van der Waals surface area contributed by atoms with Gasteiger partial charge in [-0.25, -0.2) is 0 Å². The Morgan fingerprint density at radius 3 is 3.17 bits per heavy atom. The molecular weight excluding hydrogens is 246 g/mol. The molecule has 5 heteroatoms. The van der Waals surface area contributed by atoms with Gasteiger partial charge in [0.15, 0.2) is 0 Å². The molecule has 18 heavy (non-hydrogen) atoms. The summed E-state index contributed by atoms with van der Waals surface area (Å²) >= 11 is 4.95. The Morgan fingerprint density at radius 1 is 1.61 bits per heavy atom. The third kappa shape index (κ3) is 3.17. The molecule has 0 radical (unpaired) electrons. The van der Waals surface area contributed by atoms with Gasteiger partial charge in [0.25, 0.3) is 0 Å². The van der Waals surface area contributed by atoms with E-state index in [0.717, 1.165) is 31.6 Å². The zero-order chi connectivity index (χ0) is 13.0. The Labute approximate surface area is 113 Å². The summed E-state index contributed by atoms with van der Waals surface area (Å²) in [7, 11) is 0. The van der Waals surface area contributed by atoms with E-state index in [-0.39, 0.29) is 6.61 Å². The highest BCUT2D eigenvalue weighted by Gasteiger charge is 2.20. The van der Waals surface area contributed by atoms with Crippen molar-refractivity contribution in [1.29, 1.82) is 0 Å². The second kappa shape index (κ2) is 6.11. The number of aliphatic hydroxyl groups excluding tert-OH is 1. The molecule has 2 heterocycles. The maximum Gasteiger partial charge on any atom is 0.122 e. The Morgan fingerprint density at radius 2 is 2.44 bits per heavy atom. The van der Waals surface area contributed by atoms with Crippen molar-refractivity contribution >= 4 is 22.9 Å². The Balaban J connectivity index is 2.10. The third-order valence-electron chi connectivity index (χ3n) is 3.42. The average molecular weight is 265 g/mol. The molecule has 0 amide bonds. The number of nitrogens with two attached hydrogens (primary N) is 1. The molecule has 1 unspecified atom stereocenters. The summed E-state index contributed by atoms with van der Waals surface area (Å²) in [6.45, 7) is 2.30. The first kappa shape index (κ1) is 13.2. The summed E-state index contributed by atoms with van der Waals surface area (Å²) in [4.78, 5) is 6.82. The number of aromatic nitrogens is 1. The highest BCUT2D eigenvalue weighted by molar-refractivity contribution is 7.80. The Bertz CT molecular complexity index is 422. The van der Waals surface area contributed by atoms with Crippen LogP contribution in [0.3, 0.4) is 0 Å².